The van der Waals surface area contributed by atoms with Gasteiger partial charge in [0.15, 0.2) is 0 Å². The van der Waals surface area contributed by atoms with E-state index >= 15 is 4.39 Å². The summed E-state index contributed by atoms with van der Waals surface area (Å²) in [5, 5.41) is 22.3. The maximum absolute atomic E-state index is 16.7. The molecule has 1 heterocycles. The van der Waals surface area contributed by atoms with Crippen molar-refractivity contribution >= 4 is 16.6 Å². The van der Waals surface area contributed by atoms with Crippen molar-refractivity contribution in [3.63, 3.8) is 0 Å². The summed E-state index contributed by atoms with van der Waals surface area (Å²) in [6.45, 7) is 4.21. The fourth-order valence-corrected chi connectivity index (χ4v) is 8.12. The van der Waals surface area contributed by atoms with Gasteiger partial charge in [0.2, 0.25) is 0 Å². The lowest BCUT2D eigenvalue weighted by Gasteiger charge is -2.56. The van der Waals surface area contributed by atoms with Crippen LogP contribution >= 0.6 is 0 Å². The van der Waals surface area contributed by atoms with Crippen molar-refractivity contribution in [1.82, 2.24) is 9.97 Å². The summed E-state index contributed by atoms with van der Waals surface area (Å²) in [5.41, 5.74) is 1.32. The molecule has 4 aliphatic carbocycles. The molecule has 7 atom stereocenters. The molecule has 0 bridgehead atoms. The normalized spacial score (nSPS) is 43.8. The monoisotopic (exact) mass is 438 g/mol. The number of aliphatic hydroxyl groups is 2. The number of nitrogens with one attached hydrogen (secondary N) is 1. The molecule has 2 aromatic rings. The highest BCUT2D eigenvalue weighted by molar-refractivity contribution is 5.83. The third kappa shape index (κ3) is 2.83. The lowest BCUT2D eigenvalue weighted by molar-refractivity contribution is -0.195. The van der Waals surface area contributed by atoms with Crippen LogP contribution in [0.5, 0.6) is 0 Å². The summed E-state index contributed by atoms with van der Waals surface area (Å²) >= 11 is 0. The Balaban J connectivity index is 1.35. The molecule has 0 saturated heterocycles. The molecule has 3 saturated carbocycles. The van der Waals surface area contributed by atoms with E-state index in [0.29, 0.717) is 31.6 Å². The van der Waals surface area contributed by atoms with E-state index in [4.69, 9.17) is 0 Å². The highest BCUT2D eigenvalue weighted by atomic mass is 19.1. The highest BCUT2D eigenvalue weighted by Crippen LogP contribution is 2.66. The minimum atomic E-state index is -1.55. The van der Waals surface area contributed by atoms with E-state index in [1.165, 1.54) is 5.57 Å². The number of aromatic amines is 1. The Morgan fingerprint density at radius 1 is 1.12 bits per heavy atom. The lowest BCUT2D eigenvalue weighted by Crippen LogP contribution is -2.62. The number of aryl methyl sites for hydroxylation is 1. The Morgan fingerprint density at radius 2 is 1.97 bits per heavy atom. The van der Waals surface area contributed by atoms with E-state index in [1.807, 2.05) is 6.92 Å². The number of fused-ring (bicyclic) bond motifs is 5. The van der Waals surface area contributed by atoms with Crippen LogP contribution < -0.4 is 0 Å². The zero-order chi connectivity index (χ0) is 22.3. The largest absolute Gasteiger partial charge is 0.393 e. The molecular formula is C27H35FN2O2. The Morgan fingerprint density at radius 3 is 2.81 bits per heavy atom. The Kier molecular flexibility index (Phi) is 4.49. The predicted molar refractivity (Wildman–Crippen MR) is 124 cm³/mol. The van der Waals surface area contributed by atoms with E-state index < -0.39 is 11.3 Å². The number of H-pyrrole nitrogens is 1. The van der Waals surface area contributed by atoms with Gasteiger partial charge in [-0.2, -0.15) is 0 Å². The Bertz CT molecular complexity index is 1090. The van der Waals surface area contributed by atoms with Crippen LogP contribution in [-0.2, 0) is 0 Å². The van der Waals surface area contributed by atoms with Gasteiger partial charge >= 0.3 is 0 Å². The third-order valence-electron chi connectivity index (χ3n) is 9.84. The molecule has 0 radical (unpaired) electrons. The molecule has 32 heavy (non-hydrogen) atoms. The van der Waals surface area contributed by atoms with Gasteiger partial charge in [-0.3, -0.25) is 0 Å². The van der Waals surface area contributed by atoms with Crippen molar-refractivity contribution < 1.29 is 14.6 Å². The minimum Gasteiger partial charge on any atom is -0.393 e. The topological polar surface area (TPSA) is 69.1 Å². The summed E-state index contributed by atoms with van der Waals surface area (Å²) < 4.78 is 16.7. The van der Waals surface area contributed by atoms with Gasteiger partial charge in [0, 0.05) is 5.92 Å². The van der Waals surface area contributed by atoms with Gasteiger partial charge in [0.1, 0.15) is 17.1 Å². The number of nitrogens with zero attached hydrogens (tertiary/aromatic N) is 1. The zero-order valence-corrected chi connectivity index (χ0v) is 19.2. The average molecular weight is 439 g/mol. The van der Waals surface area contributed by atoms with Crippen LogP contribution in [0.2, 0.25) is 0 Å². The molecule has 0 spiro atoms. The zero-order valence-electron chi connectivity index (χ0n) is 19.2. The third-order valence-corrected chi connectivity index (χ3v) is 9.84. The highest BCUT2D eigenvalue weighted by Gasteiger charge is 2.66. The number of rotatable bonds is 1. The number of alkyl halides is 1. The molecule has 5 heteroatoms. The average Bonchev–Trinajstić information content (AvgIpc) is 3.26. The summed E-state index contributed by atoms with van der Waals surface area (Å²) in [6.07, 6.45) is 8.15. The van der Waals surface area contributed by atoms with Gasteiger partial charge in [0.25, 0.3) is 0 Å². The number of hydrogen-bond donors (Lipinski definition) is 3. The molecule has 172 valence electrons. The first-order chi connectivity index (χ1) is 15.2. The number of imidazole rings is 1. The SMILES string of the molecule is Cc1nc2ccc(C3=CCC4C3(C)CCC3(F)CC5CC(O)CCC5CC[C@]43O)cc2[nH]1. The summed E-state index contributed by atoms with van der Waals surface area (Å²) in [4.78, 5) is 7.86. The van der Waals surface area contributed by atoms with E-state index in [2.05, 4.69) is 41.2 Å². The molecule has 0 amide bonds. The lowest BCUT2D eigenvalue weighted by atomic mass is 9.53. The van der Waals surface area contributed by atoms with Crippen LogP contribution in [0.15, 0.2) is 24.3 Å². The Labute approximate surface area is 189 Å². The van der Waals surface area contributed by atoms with Crippen molar-refractivity contribution in [1.29, 1.82) is 0 Å². The molecule has 0 aliphatic heterocycles. The van der Waals surface area contributed by atoms with E-state index in [-0.39, 0.29) is 23.4 Å². The van der Waals surface area contributed by atoms with Gasteiger partial charge in [-0.1, -0.05) is 19.1 Å². The second kappa shape index (κ2) is 6.89. The summed E-state index contributed by atoms with van der Waals surface area (Å²) in [7, 11) is 0. The number of benzene rings is 1. The molecule has 6 unspecified atom stereocenters. The molecule has 4 nitrogen and oxygen atoms in total. The van der Waals surface area contributed by atoms with Crippen LogP contribution in [0, 0.1) is 30.1 Å². The molecule has 1 aromatic heterocycles. The van der Waals surface area contributed by atoms with Crippen molar-refractivity contribution in [2.45, 2.75) is 89.0 Å². The number of allylic oxidation sites excluding steroid dienone is 2. The van der Waals surface area contributed by atoms with Crippen molar-refractivity contribution in [2.24, 2.45) is 23.2 Å². The summed E-state index contributed by atoms with van der Waals surface area (Å²) in [6, 6.07) is 6.36. The molecule has 3 fully saturated rings. The standard InChI is InChI=1S/C27H35FN2O2/c1-16-29-22-7-4-18(14-23(22)30-16)21-6-8-24-25(21,2)11-12-26(28)15-19-13-20(31)5-3-17(19)9-10-27(24,26)32/h4,6-7,14,17,19-20,24,31-32H,3,5,8-13,15H2,1-2H3,(H,29,30)/t17?,19?,20?,24?,25?,26?,27-/m0/s1. The van der Waals surface area contributed by atoms with Crippen LogP contribution in [-0.4, -0.2) is 37.6 Å². The summed E-state index contributed by atoms with van der Waals surface area (Å²) in [5.74, 6) is 1.43. The van der Waals surface area contributed by atoms with Gasteiger partial charge in [-0.05, 0) is 105 Å². The second-order valence-corrected chi connectivity index (χ2v) is 11.5. The smallest absolute Gasteiger partial charge is 0.140 e. The molecule has 6 rings (SSSR count). The molecular weight excluding hydrogens is 403 g/mol. The number of halogens is 1. The number of aromatic nitrogens is 2. The van der Waals surface area contributed by atoms with E-state index in [0.717, 1.165) is 54.5 Å². The first-order valence-electron chi connectivity index (χ1n) is 12.5. The predicted octanol–water partition coefficient (Wildman–Crippen LogP) is 5.48. The number of aliphatic hydroxyl groups excluding tert-OH is 1. The maximum atomic E-state index is 16.7. The minimum absolute atomic E-state index is 0.104. The molecule has 3 N–H and O–H groups in total. The van der Waals surface area contributed by atoms with Gasteiger partial charge in [-0.25, -0.2) is 9.37 Å². The first-order valence-corrected chi connectivity index (χ1v) is 12.5. The van der Waals surface area contributed by atoms with Gasteiger partial charge in [-0.15, -0.1) is 0 Å². The van der Waals surface area contributed by atoms with E-state index in [1.54, 1.807) is 0 Å². The molecule has 1 aromatic carbocycles. The number of hydrogen-bond acceptors (Lipinski definition) is 3. The van der Waals surface area contributed by atoms with Crippen LogP contribution in [0.4, 0.5) is 4.39 Å². The van der Waals surface area contributed by atoms with E-state index in [9.17, 15) is 10.2 Å². The van der Waals surface area contributed by atoms with Gasteiger partial charge in [0.05, 0.1) is 17.1 Å². The van der Waals surface area contributed by atoms with Crippen molar-refractivity contribution in [2.75, 3.05) is 0 Å². The quantitative estimate of drug-likeness (QED) is 0.553. The molecule has 4 aliphatic rings. The first kappa shape index (κ1) is 20.9. The van der Waals surface area contributed by atoms with Crippen LogP contribution in [0.1, 0.15) is 76.1 Å². The fraction of sp³-hybridized carbons (Fsp3) is 0.667. The van der Waals surface area contributed by atoms with Crippen LogP contribution in [0.3, 0.4) is 0 Å². The maximum Gasteiger partial charge on any atom is 0.140 e. The second-order valence-electron chi connectivity index (χ2n) is 11.5. The fourth-order valence-electron chi connectivity index (χ4n) is 8.12. The van der Waals surface area contributed by atoms with Crippen molar-refractivity contribution in [3.8, 4) is 0 Å². The Hall–Kier alpha value is -1.72. The van der Waals surface area contributed by atoms with Crippen molar-refractivity contribution in [3.05, 3.63) is 35.7 Å². The van der Waals surface area contributed by atoms with Crippen LogP contribution in [0.25, 0.3) is 16.6 Å². The van der Waals surface area contributed by atoms with Gasteiger partial charge < -0.3 is 15.2 Å².